The molecule has 0 aromatic carbocycles. The molecule has 0 rings (SSSR count). The topological polar surface area (TPSA) is 49.4 Å². The smallest absolute Gasteiger partial charge is 0.229 e. The zero-order valence-corrected chi connectivity index (χ0v) is 8.59. The number of amides is 2. The fourth-order valence-corrected chi connectivity index (χ4v) is 1.13. The maximum atomic E-state index is 11.4. The monoisotopic (exact) mass is 186 g/mol. The first-order valence-electron chi connectivity index (χ1n) is 4.59. The maximum Gasteiger partial charge on any atom is 0.229 e. The molecule has 4 heteroatoms. The molecule has 0 heterocycles. The van der Waals surface area contributed by atoms with Crippen LogP contribution in [0.2, 0.25) is 0 Å². The van der Waals surface area contributed by atoms with Gasteiger partial charge >= 0.3 is 0 Å². The number of hydrogen-bond donors (Lipinski definition) is 1. The Morgan fingerprint density at radius 1 is 1.38 bits per heavy atom. The molecule has 2 amide bonds. The minimum atomic E-state index is -0.169. The summed E-state index contributed by atoms with van der Waals surface area (Å²) >= 11 is 0. The average Bonchev–Trinajstić information content (AvgIpc) is 2.05. The number of carbonyl (C=O) groups excluding carboxylic acids is 2. The van der Waals surface area contributed by atoms with Crippen LogP contribution in [-0.4, -0.2) is 36.9 Å². The molecule has 76 valence electrons. The predicted molar refractivity (Wildman–Crippen MR) is 51.2 cm³/mol. The Labute approximate surface area is 79.3 Å². The fraction of sp³-hybridized carbons (Fsp3) is 0.778. The quantitative estimate of drug-likeness (QED) is 0.631. The van der Waals surface area contributed by atoms with Gasteiger partial charge in [-0.3, -0.25) is 14.5 Å². The number of hydrogen-bond acceptors (Lipinski definition) is 3. The third-order valence-electron chi connectivity index (χ3n) is 1.81. The summed E-state index contributed by atoms with van der Waals surface area (Å²) in [6, 6.07) is 0. The summed E-state index contributed by atoms with van der Waals surface area (Å²) in [4.78, 5) is 23.6. The van der Waals surface area contributed by atoms with Crippen LogP contribution in [0.25, 0.3) is 0 Å². The van der Waals surface area contributed by atoms with E-state index < -0.39 is 0 Å². The highest BCUT2D eigenvalue weighted by Gasteiger charge is 2.14. The third kappa shape index (κ3) is 4.62. The summed E-state index contributed by atoms with van der Waals surface area (Å²) in [6.07, 6.45) is 1.22. The summed E-state index contributed by atoms with van der Waals surface area (Å²) in [5, 5.41) is 2.95. The number of nitrogens with one attached hydrogen (secondary N) is 1. The number of rotatable bonds is 5. The summed E-state index contributed by atoms with van der Waals surface area (Å²) in [5.41, 5.74) is 0. The molecule has 4 nitrogen and oxygen atoms in total. The molecular weight excluding hydrogens is 168 g/mol. The van der Waals surface area contributed by atoms with Gasteiger partial charge in [0.2, 0.25) is 11.8 Å². The highest BCUT2D eigenvalue weighted by molar-refractivity contribution is 5.94. The highest BCUT2D eigenvalue weighted by Crippen LogP contribution is 1.97. The van der Waals surface area contributed by atoms with Crippen molar-refractivity contribution in [3.05, 3.63) is 0 Å². The van der Waals surface area contributed by atoms with E-state index in [1.54, 1.807) is 6.92 Å². The van der Waals surface area contributed by atoms with Crippen molar-refractivity contribution in [3.63, 3.8) is 0 Å². The molecule has 0 bridgehead atoms. The van der Waals surface area contributed by atoms with Crippen molar-refractivity contribution in [2.45, 2.75) is 26.7 Å². The van der Waals surface area contributed by atoms with Gasteiger partial charge in [-0.25, -0.2) is 0 Å². The molecular formula is C9H18N2O2. The Hall–Kier alpha value is -0.900. The molecule has 0 atom stereocenters. The van der Waals surface area contributed by atoms with Gasteiger partial charge in [0.05, 0.1) is 0 Å². The molecule has 0 aliphatic rings. The first kappa shape index (κ1) is 12.1. The lowest BCUT2D eigenvalue weighted by Crippen LogP contribution is -2.35. The van der Waals surface area contributed by atoms with E-state index in [1.165, 1.54) is 11.8 Å². The van der Waals surface area contributed by atoms with Gasteiger partial charge in [0.1, 0.15) is 0 Å². The van der Waals surface area contributed by atoms with Crippen molar-refractivity contribution < 1.29 is 9.59 Å². The molecule has 0 saturated carbocycles. The van der Waals surface area contributed by atoms with Crippen molar-refractivity contribution in [2.24, 2.45) is 0 Å². The Morgan fingerprint density at radius 2 is 2.00 bits per heavy atom. The van der Waals surface area contributed by atoms with E-state index in [-0.39, 0.29) is 11.8 Å². The van der Waals surface area contributed by atoms with Gasteiger partial charge in [-0.15, -0.1) is 0 Å². The minimum absolute atomic E-state index is 0.0785. The standard InChI is InChI=1S/C9H18N2O2/c1-4-11(8(2)12)9(13)6-5-7-10-3/h10H,4-7H2,1-3H3. The molecule has 0 fully saturated rings. The fourth-order valence-electron chi connectivity index (χ4n) is 1.13. The van der Waals surface area contributed by atoms with Crippen LogP contribution in [-0.2, 0) is 9.59 Å². The van der Waals surface area contributed by atoms with E-state index in [0.29, 0.717) is 13.0 Å². The molecule has 0 aromatic heterocycles. The largest absolute Gasteiger partial charge is 0.320 e. The van der Waals surface area contributed by atoms with E-state index in [4.69, 9.17) is 0 Å². The van der Waals surface area contributed by atoms with E-state index in [1.807, 2.05) is 7.05 Å². The second-order valence-electron chi connectivity index (χ2n) is 2.86. The highest BCUT2D eigenvalue weighted by atomic mass is 16.2. The molecule has 1 N–H and O–H groups in total. The number of nitrogens with zero attached hydrogens (tertiary/aromatic N) is 1. The van der Waals surface area contributed by atoms with Gasteiger partial charge in [-0.05, 0) is 26.9 Å². The first-order valence-corrected chi connectivity index (χ1v) is 4.59. The van der Waals surface area contributed by atoms with Crippen LogP contribution in [0.3, 0.4) is 0 Å². The normalized spacial score (nSPS) is 9.77. The molecule has 0 aromatic rings. The van der Waals surface area contributed by atoms with Crippen molar-refractivity contribution in [1.29, 1.82) is 0 Å². The molecule has 0 unspecified atom stereocenters. The summed E-state index contributed by atoms with van der Waals surface area (Å²) in [7, 11) is 1.84. The summed E-state index contributed by atoms with van der Waals surface area (Å²) < 4.78 is 0. The maximum absolute atomic E-state index is 11.4. The van der Waals surface area contributed by atoms with Crippen molar-refractivity contribution in [1.82, 2.24) is 10.2 Å². The van der Waals surface area contributed by atoms with E-state index in [0.717, 1.165) is 13.0 Å². The molecule has 0 radical (unpaired) electrons. The predicted octanol–water partition coefficient (Wildman–Crippen LogP) is 0.381. The molecule has 0 spiro atoms. The third-order valence-corrected chi connectivity index (χ3v) is 1.81. The van der Waals surface area contributed by atoms with Crippen LogP contribution in [0.1, 0.15) is 26.7 Å². The van der Waals surface area contributed by atoms with E-state index >= 15 is 0 Å². The Balaban J connectivity index is 3.85. The Bertz CT molecular complexity index is 180. The number of imide groups is 1. The van der Waals surface area contributed by atoms with Gasteiger partial charge in [0.25, 0.3) is 0 Å². The first-order chi connectivity index (χ1) is 6.13. The van der Waals surface area contributed by atoms with Crippen molar-refractivity contribution in [3.8, 4) is 0 Å². The minimum Gasteiger partial charge on any atom is -0.320 e. The van der Waals surface area contributed by atoms with Gasteiger partial charge in [-0.2, -0.15) is 0 Å². The van der Waals surface area contributed by atoms with Crippen molar-refractivity contribution >= 4 is 11.8 Å². The molecule has 13 heavy (non-hydrogen) atoms. The van der Waals surface area contributed by atoms with Gasteiger partial charge in [0.15, 0.2) is 0 Å². The SMILES string of the molecule is CCN(C(C)=O)C(=O)CCCNC. The lowest BCUT2D eigenvalue weighted by molar-refractivity contribution is -0.143. The second-order valence-corrected chi connectivity index (χ2v) is 2.86. The van der Waals surface area contributed by atoms with Crippen LogP contribution in [0.15, 0.2) is 0 Å². The van der Waals surface area contributed by atoms with Crippen LogP contribution in [0, 0.1) is 0 Å². The van der Waals surface area contributed by atoms with Crippen LogP contribution in [0.4, 0.5) is 0 Å². The van der Waals surface area contributed by atoms with Crippen LogP contribution in [0.5, 0.6) is 0 Å². The van der Waals surface area contributed by atoms with Gasteiger partial charge in [-0.1, -0.05) is 0 Å². The molecule has 0 saturated heterocycles. The Morgan fingerprint density at radius 3 is 2.38 bits per heavy atom. The zero-order chi connectivity index (χ0) is 10.3. The summed E-state index contributed by atoms with van der Waals surface area (Å²) in [5.74, 6) is -0.248. The van der Waals surface area contributed by atoms with Gasteiger partial charge in [0, 0.05) is 19.9 Å². The average molecular weight is 186 g/mol. The van der Waals surface area contributed by atoms with E-state index in [9.17, 15) is 9.59 Å². The second kappa shape index (κ2) is 6.60. The van der Waals surface area contributed by atoms with Crippen LogP contribution < -0.4 is 5.32 Å². The lowest BCUT2D eigenvalue weighted by Gasteiger charge is -2.16. The molecule has 0 aliphatic carbocycles. The van der Waals surface area contributed by atoms with Crippen LogP contribution >= 0.6 is 0 Å². The molecule has 0 aliphatic heterocycles. The lowest BCUT2D eigenvalue weighted by atomic mass is 10.2. The Kier molecular flexibility index (Phi) is 6.14. The number of carbonyl (C=O) groups is 2. The van der Waals surface area contributed by atoms with E-state index in [2.05, 4.69) is 5.32 Å². The van der Waals surface area contributed by atoms with Crippen molar-refractivity contribution in [2.75, 3.05) is 20.1 Å². The van der Waals surface area contributed by atoms with Gasteiger partial charge < -0.3 is 5.32 Å². The zero-order valence-electron chi connectivity index (χ0n) is 8.59. The summed E-state index contributed by atoms with van der Waals surface area (Å²) in [6.45, 7) is 4.49.